The van der Waals surface area contributed by atoms with Crippen molar-refractivity contribution < 1.29 is 9.90 Å². The van der Waals surface area contributed by atoms with Crippen LogP contribution in [0.4, 0.5) is 0 Å². The molecule has 0 spiro atoms. The van der Waals surface area contributed by atoms with Crippen LogP contribution in [0.3, 0.4) is 0 Å². The molecule has 2 aromatic heterocycles. The van der Waals surface area contributed by atoms with Gasteiger partial charge in [-0.15, -0.1) is 0 Å². The second-order valence-electron chi connectivity index (χ2n) is 7.75. The maximum absolute atomic E-state index is 13.1. The molecular weight excluding hydrogens is 380 g/mol. The van der Waals surface area contributed by atoms with Gasteiger partial charge in [0.15, 0.2) is 5.65 Å². The van der Waals surface area contributed by atoms with E-state index in [0.717, 1.165) is 23.7 Å². The highest BCUT2D eigenvalue weighted by atomic mass is 16.3. The molecule has 2 N–H and O–H groups in total. The zero-order chi connectivity index (χ0) is 20.7. The third-order valence-electron chi connectivity index (χ3n) is 5.71. The highest BCUT2D eigenvalue weighted by Gasteiger charge is 2.20. The van der Waals surface area contributed by atoms with Crippen LogP contribution in [0.15, 0.2) is 59.5 Å². The molecule has 1 atom stereocenters. The highest BCUT2D eigenvalue weighted by molar-refractivity contribution is 6.02. The minimum absolute atomic E-state index is 0.193. The van der Waals surface area contributed by atoms with E-state index >= 15 is 0 Å². The summed E-state index contributed by atoms with van der Waals surface area (Å²) in [4.78, 5) is 32.7. The van der Waals surface area contributed by atoms with Crippen molar-refractivity contribution in [3.63, 3.8) is 0 Å². The van der Waals surface area contributed by atoms with Gasteiger partial charge in [0, 0.05) is 32.4 Å². The number of β-amino-alcohol motifs (C(OH)–C–C–N with tert-alkyl or cyclic N) is 1. The first-order chi connectivity index (χ1) is 14.6. The van der Waals surface area contributed by atoms with Gasteiger partial charge in [0.1, 0.15) is 0 Å². The Kier molecular flexibility index (Phi) is 4.69. The van der Waals surface area contributed by atoms with Crippen LogP contribution in [0.1, 0.15) is 16.8 Å². The van der Waals surface area contributed by atoms with Gasteiger partial charge >= 0.3 is 0 Å². The Balaban J connectivity index is 1.50. The number of amides is 1. The van der Waals surface area contributed by atoms with Crippen LogP contribution >= 0.6 is 0 Å². The summed E-state index contributed by atoms with van der Waals surface area (Å²) in [5.74, 6) is -0.264. The molecule has 7 nitrogen and oxygen atoms in total. The van der Waals surface area contributed by atoms with Gasteiger partial charge in [-0.1, -0.05) is 24.3 Å². The first kappa shape index (κ1) is 18.7. The number of nitrogens with zero attached hydrogens (tertiary/aromatic N) is 3. The SMILES string of the molecule is O=C(NCCN1CC[C@@H](O)C1)c1cccn2c(=O)c3cc4ccccc4cc3nc12. The van der Waals surface area contributed by atoms with E-state index < -0.39 is 0 Å². The van der Waals surface area contributed by atoms with E-state index in [4.69, 9.17) is 0 Å². The van der Waals surface area contributed by atoms with E-state index in [0.29, 0.717) is 41.7 Å². The topological polar surface area (TPSA) is 86.9 Å². The smallest absolute Gasteiger partial charge is 0.265 e. The van der Waals surface area contributed by atoms with Crippen molar-refractivity contribution >= 4 is 33.2 Å². The molecule has 1 aliphatic rings. The number of pyridine rings is 1. The van der Waals surface area contributed by atoms with E-state index in [1.165, 1.54) is 4.40 Å². The first-order valence-corrected chi connectivity index (χ1v) is 10.1. The lowest BCUT2D eigenvalue weighted by Gasteiger charge is -2.15. The van der Waals surface area contributed by atoms with Crippen LogP contribution in [0.2, 0.25) is 0 Å². The number of rotatable bonds is 4. The van der Waals surface area contributed by atoms with Crippen molar-refractivity contribution in [2.75, 3.05) is 26.2 Å². The van der Waals surface area contributed by atoms with Crippen LogP contribution in [-0.2, 0) is 0 Å². The number of nitrogens with one attached hydrogen (secondary N) is 1. The number of carbonyl (C=O) groups excluding carboxylic acids is 1. The number of aromatic nitrogens is 2. The Hall–Kier alpha value is -3.29. The number of fused-ring (bicyclic) bond motifs is 3. The molecule has 1 fully saturated rings. The molecule has 1 aliphatic heterocycles. The maximum atomic E-state index is 13.1. The van der Waals surface area contributed by atoms with Crippen LogP contribution in [-0.4, -0.2) is 57.6 Å². The van der Waals surface area contributed by atoms with E-state index in [1.54, 1.807) is 18.3 Å². The van der Waals surface area contributed by atoms with Gasteiger partial charge in [0.05, 0.1) is 22.6 Å². The summed E-state index contributed by atoms with van der Waals surface area (Å²) in [6.45, 7) is 2.62. The average molecular weight is 402 g/mol. The second kappa shape index (κ2) is 7.51. The summed E-state index contributed by atoms with van der Waals surface area (Å²) >= 11 is 0. The van der Waals surface area contributed by atoms with Gasteiger partial charge in [-0.2, -0.15) is 0 Å². The van der Waals surface area contributed by atoms with Crippen molar-refractivity contribution in [3.05, 3.63) is 70.6 Å². The lowest BCUT2D eigenvalue weighted by Crippen LogP contribution is -2.34. The quantitative estimate of drug-likeness (QED) is 0.509. The normalized spacial score (nSPS) is 17.2. The molecule has 152 valence electrons. The Morgan fingerprint density at radius 2 is 1.97 bits per heavy atom. The standard InChI is InChI=1S/C23H22N4O3/c28-17-7-10-26(14-17)11-8-24-22(29)18-6-3-9-27-21(18)25-20-13-16-5-2-1-4-15(16)12-19(20)23(27)30/h1-6,9,12-13,17,28H,7-8,10-11,14H2,(H,24,29)/t17-/m1/s1. The average Bonchev–Trinajstić information content (AvgIpc) is 3.17. The number of aliphatic hydroxyl groups excluding tert-OH is 1. The minimum atomic E-state index is -0.279. The molecule has 2 aromatic carbocycles. The first-order valence-electron chi connectivity index (χ1n) is 10.1. The third-order valence-corrected chi connectivity index (χ3v) is 5.71. The lowest BCUT2D eigenvalue weighted by molar-refractivity contribution is 0.0950. The molecule has 30 heavy (non-hydrogen) atoms. The van der Waals surface area contributed by atoms with Crippen LogP contribution in [0.5, 0.6) is 0 Å². The van der Waals surface area contributed by atoms with Gasteiger partial charge in [-0.25, -0.2) is 4.98 Å². The summed E-state index contributed by atoms with van der Waals surface area (Å²) in [7, 11) is 0. The van der Waals surface area contributed by atoms with E-state index in [2.05, 4.69) is 15.2 Å². The summed E-state index contributed by atoms with van der Waals surface area (Å²) in [6.07, 6.45) is 2.13. The number of hydrogen-bond donors (Lipinski definition) is 2. The van der Waals surface area contributed by atoms with Crippen LogP contribution < -0.4 is 10.9 Å². The molecule has 5 rings (SSSR count). The Morgan fingerprint density at radius 1 is 1.17 bits per heavy atom. The van der Waals surface area contributed by atoms with Crippen molar-refractivity contribution in [2.45, 2.75) is 12.5 Å². The Morgan fingerprint density at radius 3 is 2.73 bits per heavy atom. The van der Waals surface area contributed by atoms with Gasteiger partial charge in [-0.3, -0.25) is 18.9 Å². The van der Waals surface area contributed by atoms with E-state index in [-0.39, 0.29) is 17.6 Å². The molecule has 0 radical (unpaired) electrons. The predicted octanol–water partition coefficient (Wildman–Crippen LogP) is 1.80. The van der Waals surface area contributed by atoms with E-state index in [9.17, 15) is 14.7 Å². The zero-order valence-corrected chi connectivity index (χ0v) is 16.4. The maximum Gasteiger partial charge on any atom is 0.265 e. The largest absolute Gasteiger partial charge is 0.392 e. The monoisotopic (exact) mass is 402 g/mol. The summed E-state index contributed by atoms with van der Waals surface area (Å²) in [6, 6.07) is 14.9. The molecule has 7 heteroatoms. The Labute approximate surface area is 172 Å². The molecule has 1 saturated heterocycles. The summed E-state index contributed by atoms with van der Waals surface area (Å²) in [5, 5.41) is 15.0. The highest BCUT2D eigenvalue weighted by Crippen LogP contribution is 2.20. The molecule has 0 unspecified atom stereocenters. The van der Waals surface area contributed by atoms with Crippen molar-refractivity contribution in [2.24, 2.45) is 0 Å². The third kappa shape index (κ3) is 3.32. The number of aliphatic hydroxyl groups is 1. The van der Waals surface area contributed by atoms with Gasteiger partial charge in [0.25, 0.3) is 11.5 Å². The minimum Gasteiger partial charge on any atom is -0.392 e. The fraction of sp³-hybridized carbons (Fsp3) is 0.261. The Bertz CT molecular complexity index is 1330. The number of benzene rings is 2. The van der Waals surface area contributed by atoms with Gasteiger partial charge in [-0.05, 0) is 41.5 Å². The van der Waals surface area contributed by atoms with Crippen LogP contribution in [0.25, 0.3) is 27.3 Å². The molecule has 0 aliphatic carbocycles. The number of likely N-dealkylation sites (tertiary alicyclic amines) is 1. The molecule has 0 saturated carbocycles. The number of carbonyl (C=O) groups is 1. The fourth-order valence-corrected chi connectivity index (χ4v) is 4.13. The number of hydrogen-bond acceptors (Lipinski definition) is 5. The molecule has 1 amide bonds. The van der Waals surface area contributed by atoms with Crippen molar-refractivity contribution in [1.29, 1.82) is 0 Å². The van der Waals surface area contributed by atoms with E-state index in [1.807, 2.05) is 36.4 Å². The van der Waals surface area contributed by atoms with Gasteiger partial charge < -0.3 is 10.4 Å². The molecule has 3 heterocycles. The fourth-order valence-electron chi connectivity index (χ4n) is 4.13. The zero-order valence-electron chi connectivity index (χ0n) is 16.4. The summed E-state index contributed by atoms with van der Waals surface area (Å²) in [5.41, 5.74) is 1.09. The van der Waals surface area contributed by atoms with Crippen molar-refractivity contribution in [1.82, 2.24) is 19.6 Å². The molecular formula is C23H22N4O3. The second-order valence-corrected chi connectivity index (χ2v) is 7.75. The molecule has 4 aromatic rings. The predicted molar refractivity (Wildman–Crippen MR) is 116 cm³/mol. The lowest BCUT2D eigenvalue weighted by atomic mass is 10.1. The summed E-state index contributed by atoms with van der Waals surface area (Å²) < 4.78 is 1.43. The van der Waals surface area contributed by atoms with Gasteiger partial charge in [0.2, 0.25) is 0 Å². The molecule has 0 bridgehead atoms. The van der Waals surface area contributed by atoms with Crippen molar-refractivity contribution in [3.8, 4) is 0 Å². The van der Waals surface area contributed by atoms with Crippen LogP contribution in [0, 0.1) is 0 Å².